The Morgan fingerprint density at radius 2 is 2.07 bits per heavy atom. The van der Waals surface area contributed by atoms with Crippen LogP contribution in [-0.2, 0) is 0 Å². The maximum absolute atomic E-state index is 12.3. The van der Waals surface area contributed by atoms with Crippen LogP contribution in [0.2, 0.25) is 0 Å². The molecule has 0 amide bonds. The standard InChI is InChI=1S/C10H11F2NO/c1-6(13)9(14)7-3-2-4-8(5-7)10(11)12/h2-6,10H,13H2,1H3. The predicted molar refractivity (Wildman–Crippen MR) is 49.4 cm³/mol. The molecule has 0 radical (unpaired) electrons. The Balaban J connectivity index is 3.00. The molecule has 0 aliphatic rings. The summed E-state index contributed by atoms with van der Waals surface area (Å²) in [6, 6.07) is 4.70. The summed E-state index contributed by atoms with van der Waals surface area (Å²) in [5.74, 6) is -0.326. The average molecular weight is 199 g/mol. The minimum Gasteiger partial charge on any atom is -0.321 e. The number of hydrogen-bond acceptors (Lipinski definition) is 2. The van der Waals surface area contributed by atoms with Crippen LogP contribution in [0, 0.1) is 0 Å². The number of nitrogens with two attached hydrogens (primary N) is 1. The van der Waals surface area contributed by atoms with Crippen molar-refractivity contribution >= 4 is 5.78 Å². The number of carbonyl (C=O) groups excluding carboxylic acids is 1. The summed E-state index contributed by atoms with van der Waals surface area (Å²) >= 11 is 0. The van der Waals surface area contributed by atoms with Crippen LogP contribution < -0.4 is 5.73 Å². The minimum atomic E-state index is -2.56. The van der Waals surface area contributed by atoms with Crippen LogP contribution in [0.15, 0.2) is 24.3 Å². The normalized spacial score (nSPS) is 12.9. The highest BCUT2D eigenvalue weighted by molar-refractivity contribution is 5.99. The molecular weight excluding hydrogens is 188 g/mol. The maximum atomic E-state index is 12.3. The van der Waals surface area contributed by atoms with Gasteiger partial charge in [0, 0.05) is 11.1 Å². The predicted octanol–water partition coefficient (Wildman–Crippen LogP) is 2.15. The molecule has 76 valence electrons. The first kappa shape index (κ1) is 10.8. The molecule has 2 N–H and O–H groups in total. The molecule has 0 saturated carbocycles. The van der Waals surface area contributed by atoms with Crippen molar-refractivity contribution in [2.75, 3.05) is 0 Å². The van der Waals surface area contributed by atoms with Gasteiger partial charge < -0.3 is 5.73 Å². The van der Waals surface area contributed by atoms with Crippen LogP contribution in [0.4, 0.5) is 8.78 Å². The quantitative estimate of drug-likeness (QED) is 0.758. The number of benzene rings is 1. The van der Waals surface area contributed by atoms with Crippen LogP contribution >= 0.6 is 0 Å². The van der Waals surface area contributed by atoms with Crippen LogP contribution in [0.5, 0.6) is 0 Å². The van der Waals surface area contributed by atoms with Gasteiger partial charge in [-0.15, -0.1) is 0 Å². The molecule has 0 aliphatic carbocycles. The summed E-state index contributed by atoms with van der Waals surface area (Å²) < 4.78 is 24.5. The van der Waals surface area contributed by atoms with Crippen molar-refractivity contribution < 1.29 is 13.6 Å². The van der Waals surface area contributed by atoms with Crippen molar-refractivity contribution in [2.24, 2.45) is 5.73 Å². The highest BCUT2D eigenvalue weighted by atomic mass is 19.3. The molecule has 0 saturated heterocycles. The smallest absolute Gasteiger partial charge is 0.263 e. The lowest BCUT2D eigenvalue weighted by Crippen LogP contribution is -2.26. The lowest BCUT2D eigenvalue weighted by Gasteiger charge is -2.06. The summed E-state index contributed by atoms with van der Waals surface area (Å²) in [4.78, 5) is 11.3. The van der Waals surface area contributed by atoms with E-state index in [1.165, 1.54) is 31.2 Å². The molecule has 1 aromatic rings. The first-order valence-electron chi connectivity index (χ1n) is 4.20. The SMILES string of the molecule is CC(N)C(=O)c1cccc(C(F)F)c1. The van der Waals surface area contributed by atoms with Gasteiger partial charge in [0.1, 0.15) is 0 Å². The van der Waals surface area contributed by atoms with Crippen LogP contribution in [0.25, 0.3) is 0 Å². The second kappa shape index (κ2) is 4.28. The summed E-state index contributed by atoms with van der Waals surface area (Å²) in [6.07, 6.45) is -2.56. The highest BCUT2D eigenvalue weighted by Gasteiger charge is 2.13. The lowest BCUT2D eigenvalue weighted by atomic mass is 10.0. The summed E-state index contributed by atoms with van der Waals surface area (Å²) in [5, 5.41) is 0. The lowest BCUT2D eigenvalue weighted by molar-refractivity contribution is 0.0967. The first-order valence-corrected chi connectivity index (χ1v) is 4.20. The Morgan fingerprint density at radius 3 is 2.57 bits per heavy atom. The molecule has 0 bridgehead atoms. The van der Waals surface area contributed by atoms with Crippen LogP contribution in [0.1, 0.15) is 29.3 Å². The number of Topliss-reactive ketones (excluding diaryl/α,β-unsaturated/α-hetero) is 1. The van der Waals surface area contributed by atoms with Crippen LogP contribution in [-0.4, -0.2) is 11.8 Å². The molecule has 14 heavy (non-hydrogen) atoms. The van der Waals surface area contributed by atoms with E-state index in [0.717, 1.165) is 0 Å². The van der Waals surface area contributed by atoms with Gasteiger partial charge in [-0.1, -0.05) is 18.2 Å². The second-order valence-electron chi connectivity index (χ2n) is 3.08. The fraction of sp³-hybridized carbons (Fsp3) is 0.300. The highest BCUT2D eigenvalue weighted by Crippen LogP contribution is 2.19. The van der Waals surface area contributed by atoms with Crippen molar-refractivity contribution in [2.45, 2.75) is 19.4 Å². The van der Waals surface area contributed by atoms with E-state index in [1.807, 2.05) is 0 Å². The minimum absolute atomic E-state index is 0.156. The molecule has 4 heteroatoms. The number of rotatable bonds is 3. The van der Waals surface area contributed by atoms with E-state index < -0.39 is 12.5 Å². The molecule has 2 nitrogen and oxygen atoms in total. The monoisotopic (exact) mass is 199 g/mol. The van der Waals surface area contributed by atoms with Crippen molar-refractivity contribution in [1.82, 2.24) is 0 Å². The zero-order valence-corrected chi connectivity index (χ0v) is 7.71. The molecule has 1 atom stereocenters. The number of alkyl halides is 2. The number of ketones is 1. The molecule has 0 fully saturated rings. The van der Waals surface area contributed by atoms with Gasteiger partial charge in [0.2, 0.25) is 0 Å². The van der Waals surface area contributed by atoms with E-state index >= 15 is 0 Å². The zero-order chi connectivity index (χ0) is 10.7. The summed E-state index contributed by atoms with van der Waals surface area (Å²) in [7, 11) is 0. The molecule has 0 aromatic heterocycles. The maximum Gasteiger partial charge on any atom is 0.263 e. The fourth-order valence-electron chi connectivity index (χ4n) is 1.09. The third-order valence-corrected chi connectivity index (χ3v) is 1.84. The number of hydrogen-bond donors (Lipinski definition) is 1. The van der Waals surface area contributed by atoms with E-state index in [0.29, 0.717) is 0 Å². The van der Waals surface area contributed by atoms with Gasteiger partial charge in [0.15, 0.2) is 5.78 Å². The number of halogens is 2. The van der Waals surface area contributed by atoms with Gasteiger partial charge in [-0.25, -0.2) is 8.78 Å². The van der Waals surface area contributed by atoms with Crippen LogP contribution in [0.3, 0.4) is 0 Å². The van der Waals surface area contributed by atoms with Crippen molar-refractivity contribution in [3.05, 3.63) is 35.4 Å². The van der Waals surface area contributed by atoms with E-state index in [4.69, 9.17) is 5.73 Å². The van der Waals surface area contributed by atoms with Crippen molar-refractivity contribution in [3.8, 4) is 0 Å². The average Bonchev–Trinajstić information content (AvgIpc) is 2.16. The van der Waals surface area contributed by atoms with Gasteiger partial charge in [0.05, 0.1) is 6.04 Å². The van der Waals surface area contributed by atoms with Gasteiger partial charge in [-0.3, -0.25) is 4.79 Å². The Kier molecular flexibility index (Phi) is 3.30. The third-order valence-electron chi connectivity index (χ3n) is 1.84. The molecule has 1 rings (SSSR count). The summed E-state index contributed by atoms with van der Waals surface area (Å²) in [5.41, 5.74) is 5.44. The largest absolute Gasteiger partial charge is 0.321 e. The molecule has 1 unspecified atom stereocenters. The fourth-order valence-corrected chi connectivity index (χ4v) is 1.09. The van der Waals surface area contributed by atoms with Gasteiger partial charge in [-0.05, 0) is 13.0 Å². The molecule has 0 spiro atoms. The first-order chi connectivity index (χ1) is 6.52. The Labute approximate surface area is 80.7 Å². The Bertz CT molecular complexity index is 337. The Morgan fingerprint density at radius 1 is 1.43 bits per heavy atom. The topological polar surface area (TPSA) is 43.1 Å². The Hall–Kier alpha value is -1.29. The molecule has 0 aliphatic heterocycles. The van der Waals surface area contributed by atoms with E-state index in [2.05, 4.69) is 0 Å². The summed E-state index contributed by atoms with van der Waals surface area (Å²) in [6.45, 7) is 1.53. The van der Waals surface area contributed by atoms with E-state index in [9.17, 15) is 13.6 Å². The molecule has 1 aromatic carbocycles. The number of carbonyl (C=O) groups is 1. The van der Waals surface area contributed by atoms with E-state index in [-0.39, 0.29) is 16.9 Å². The van der Waals surface area contributed by atoms with Gasteiger partial charge in [-0.2, -0.15) is 0 Å². The van der Waals surface area contributed by atoms with Gasteiger partial charge in [0.25, 0.3) is 6.43 Å². The van der Waals surface area contributed by atoms with Gasteiger partial charge >= 0.3 is 0 Å². The molecular formula is C10H11F2NO. The molecule has 0 heterocycles. The van der Waals surface area contributed by atoms with Crippen molar-refractivity contribution in [1.29, 1.82) is 0 Å². The zero-order valence-electron chi connectivity index (χ0n) is 7.71. The van der Waals surface area contributed by atoms with E-state index in [1.54, 1.807) is 0 Å². The van der Waals surface area contributed by atoms with Crippen molar-refractivity contribution in [3.63, 3.8) is 0 Å². The second-order valence-corrected chi connectivity index (χ2v) is 3.08. The third kappa shape index (κ3) is 2.35.